The zero-order chi connectivity index (χ0) is 15.9. The van der Waals surface area contributed by atoms with Crippen LogP contribution in [0, 0.1) is 0 Å². The lowest BCUT2D eigenvalue weighted by Gasteiger charge is -2.21. The molecule has 0 bridgehead atoms. The van der Waals surface area contributed by atoms with Crippen LogP contribution in [0.4, 0.5) is 0 Å². The van der Waals surface area contributed by atoms with E-state index in [0.717, 1.165) is 28.3 Å². The van der Waals surface area contributed by atoms with E-state index in [2.05, 4.69) is 5.32 Å². The van der Waals surface area contributed by atoms with Gasteiger partial charge in [0, 0.05) is 24.6 Å². The Morgan fingerprint density at radius 2 is 2.09 bits per heavy atom. The van der Waals surface area contributed by atoms with Gasteiger partial charge < -0.3 is 19.9 Å². The maximum atomic E-state index is 10.5. The standard InChI is InChI=1S/C16H19NO4S/c1-11-14(9-22-10-16(18)19)17-7-15(21-11)13-5-3-12(4-6-13)8-20-2/h3-7,17H,8-10H2,1-2H3,(H,18,19). The van der Waals surface area contributed by atoms with E-state index in [1.807, 2.05) is 31.2 Å². The monoisotopic (exact) mass is 321 g/mol. The highest BCUT2D eigenvalue weighted by Gasteiger charge is 2.14. The number of rotatable bonds is 7. The first-order chi connectivity index (χ1) is 10.6. The van der Waals surface area contributed by atoms with Crippen LogP contribution in [0.25, 0.3) is 5.76 Å². The number of carboxylic acid groups (broad SMARTS) is 1. The van der Waals surface area contributed by atoms with Crippen LogP contribution in [0.5, 0.6) is 0 Å². The molecule has 0 amide bonds. The van der Waals surface area contributed by atoms with Crippen LogP contribution in [-0.2, 0) is 20.9 Å². The number of ether oxygens (including phenoxy) is 2. The number of carbonyl (C=O) groups is 1. The number of hydrogen-bond donors (Lipinski definition) is 2. The van der Waals surface area contributed by atoms with Gasteiger partial charge >= 0.3 is 5.97 Å². The number of carboxylic acids is 1. The van der Waals surface area contributed by atoms with Crippen LogP contribution < -0.4 is 5.32 Å². The molecule has 0 fully saturated rings. The van der Waals surface area contributed by atoms with E-state index in [1.165, 1.54) is 11.8 Å². The molecule has 1 aromatic carbocycles. The molecule has 2 N–H and O–H groups in total. The molecule has 0 aromatic heterocycles. The highest BCUT2D eigenvalue weighted by molar-refractivity contribution is 8.00. The van der Waals surface area contributed by atoms with Gasteiger partial charge in [-0.05, 0) is 12.5 Å². The van der Waals surface area contributed by atoms with Crippen molar-refractivity contribution in [1.82, 2.24) is 5.32 Å². The molecule has 1 aliphatic heterocycles. The minimum absolute atomic E-state index is 0.0794. The van der Waals surface area contributed by atoms with E-state index in [1.54, 1.807) is 13.3 Å². The molecule has 1 aliphatic rings. The van der Waals surface area contributed by atoms with Crippen LogP contribution in [0.3, 0.4) is 0 Å². The second kappa shape index (κ2) is 7.91. The maximum absolute atomic E-state index is 10.5. The van der Waals surface area contributed by atoms with Crippen LogP contribution in [0.2, 0.25) is 0 Å². The Bertz CT molecular complexity index is 593. The number of benzene rings is 1. The molecule has 1 heterocycles. The Morgan fingerprint density at radius 1 is 1.36 bits per heavy atom. The quantitative estimate of drug-likeness (QED) is 0.805. The second-order valence-corrected chi connectivity index (χ2v) is 5.79. The summed E-state index contributed by atoms with van der Waals surface area (Å²) in [5, 5.41) is 11.8. The molecule has 0 aliphatic carbocycles. The van der Waals surface area contributed by atoms with Crippen LogP contribution in [0.15, 0.2) is 41.9 Å². The molecule has 0 spiro atoms. The fourth-order valence-corrected chi connectivity index (χ4v) is 2.74. The predicted molar refractivity (Wildman–Crippen MR) is 87.0 cm³/mol. The van der Waals surface area contributed by atoms with Crippen molar-refractivity contribution in [2.24, 2.45) is 0 Å². The van der Waals surface area contributed by atoms with Gasteiger partial charge in [0.1, 0.15) is 11.5 Å². The minimum atomic E-state index is -0.813. The third-order valence-electron chi connectivity index (χ3n) is 3.09. The summed E-state index contributed by atoms with van der Waals surface area (Å²) in [7, 11) is 1.67. The lowest BCUT2D eigenvalue weighted by Crippen LogP contribution is -2.17. The Labute approximate surface area is 134 Å². The lowest BCUT2D eigenvalue weighted by atomic mass is 10.1. The largest absolute Gasteiger partial charge is 0.481 e. The van der Waals surface area contributed by atoms with E-state index in [4.69, 9.17) is 14.6 Å². The molecule has 22 heavy (non-hydrogen) atoms. The molecular formula is C16H19NO4S. The van der Waals surface area contributed by atoms with E-state index in [9.17, 15) is 4.79 Å². The van der Waals surface area contributed by atoms with Gasteiger partial charge in [0.25, 0.3) is 0 Å². The molecule has 0 radical (unpaired) electrons. The number of hydrogen-bond acceptors (Lipinski definition) is 5. The molecule has 0 atom stereocenters. The number of thioether (sulfide) groups is 1. The lowest BCUT2D eigenvalue weighted by molar-refractivity contribution is -0.133. The summed E-state index contributed by atoms with van der Waals surface area (Å²) in [4.78, 5) is 10.5. The smallest absolute Gasteiger partial charge is 0.313 e. The minimum Gasteiger partial charge on any atom is -0.481 e. The van der Waals surface area contributed by atoms with Gasteiger partial charge in [-0.1, -0.05) is 24.3 Å². The Morgan fingerprint density at radius 3 is 2.68 bits per heavy atom. The predicted octanol–water partition coefficient (Wildman–Crippen LogP) is 2.80. The average molecular weight is 321 g/mol. The topological polar surface area (TPSA) is 67.8 Å². The first kappa shape index (κ1) is 16.5. The normalized spacial score (nSPS) is 14.2. The Balaban J connectivity index is 1.96. The second-order valence-electron chi connectivity index (χ2n) is 4.81. The third-order valence-corrected chi connectivity index (χ3v) is 4.03. The molecule has 0 unspecified atom stereocenters. The summed E-state index contributed by atoms with van der Waals surface area (Å²) >= 11 is 1.33. The number of allylic oxidation sites excluding steroid dienone is 1. The molecule has 0 saturated carbocycles. The molecule has 1 aromatic rings. The zero-order valence-corrected chi connectivity index (χ0v) is 13.4. The summed E-state index contributed by atoms with van der Waals surface area (Å²) in [6.07, 6.45) is 1.80. The summed E-state index contributed by atoms with van der Waals surface area (Å²) in [6, 6.07) is 7.97. The first-order valence-corrected chi connectivity index (χ1v) is 7.97. The Kier molecular flexibility index (Phi) is 5.91. The van der Waals surface area contributed by atoms with Crippen molar-refractivity contribution < 1.29 is 19.4 Å². The van der Waals surface area contributed by atoms with E-state index in [-0.39, 0.29) is 5.75 Å². The summed E-state index contributed by atoms with van der Waals surface area (Å²) in [6.45, 7) is 2.46. The van der Waals surface area contributed by atoms with Crippen molar-refractivity contribution in [3.05, 3.63) is 53.0 Å². The Hall–Kier alpha value is -1.92. The van der Waals surface area contributed by atoms with Crippen molar-refractivity contribution in [3.63, 3.8) is 0 Å². The summed E-state index contributed by atoms with van der Waals surface area (Å²) in [5.74, 6) is 1.35. The van der Waals surface area contributed by atoms with Crippen molar-refractivity contribution in [1.29, 1.82) is 0 Å². The molecule has 6 heteroatoms. The molecule has 5 nitrogen and oxygen atoms in total. The maximum Gasteiger partial charge on any atom is 0.313 e. The van der Waals surface area contributed by atoms with Gasteiger partial charge in [0.15, 0.2) is 0 Å². The zero-order valence-electron chi connectivity index (χ0n) is 12.6. The van der Waals surface area contributed by atoms with Crippen LogP contribution in [-0.4, -0.2) is 29.7 Å². The van der Waals surface area contributed by atoms with Crippen molar-refractivity contribution in [2.75, 3.05) is 18.6 Å². The van der Waals surface area contributed by atoms with Gasteiger partial charge in [-0.2, -0.15) is 0 Å². The van der Waals surface area contributed by atoms with Crippen LogP contribution in [0.1, 0.15) is 18.1 Å². The SMILES string of the molecule is COCc1ccc(C2=CNC(CSCC(=O)O)=C(C)O2)cc1. The van der Waals surface area contributed by atoms with Crippen molar-refractivity contribution in [3.8, 4) is 0 Å². The van der Waals surface area contributed by atoms with Gasteiger partial charge in [-0.3, -0.25) is 4.79 Å². The first-order valence-electron chi connectivity index (χ1n) is 6.82. The number of nitrogens with one attached hydrogen (secondary N) is 1. The van der Waals surface area contributed by atoms with E-state index >= 15 is 0 Å². The molecule has 2 rings (SSSR count). The molecule has 0 saturated heterocycles. The third kappa shape index (κ3) is 4.54. The summed E-state index contributed by atoms with van der Waals surface area (Å²) in [5.41, 5.74) is 2.98. The van der Waals surface area contributed by atoms with Crippen LogP contribution >= 0.6 is 11.8 Å². The fourth-order valence-electron chi connectivity index (χ4n) is 1.97. The number of aliphatic carboxylic acids is 1. The highest BCUT2D eigenvalue weighted by atomic mass is 32.2. The van der Waals surface area contributed by atoms with Crippen molar-refractivity contribution >= 4 is 23.5 Å². The summed E-state index contributed by atoms with van der Waals surface area (Å²) < 4.78 is 10.9. The van der Waals surface area contributed by atoms with Gasteiger partial charge in [-0.25, -0.2) is 0 Å². The fraction of sp³-hybridized carbons (Fsp3) is 0.312. The molecular weight excluding hydrogens is 302 g/mol. The highest BCUT2D eigenvalue weighted by Crippen LogP contribution is 2.25. The number of methoxy groups -OCH3 is 1. The van der Waals surface area contributed by atoms with Gasteiger partial charge in [0.05, 0.1) is 18.1 Å². The average Bonchev–Trinajstić information content (AvgIpc) is 2.50. The van der Waals surface area contributed by atoms with E-state index in [0.29, 0.717) is 12.4 Å². The van der Waals surface area contributed by atoms with Gasteiger partial charge in [0.2, 0.25) is 0 Å². The van der Waals surface area contributed by atoms with E-state index < -0.39 is 5.97 Å². The van der Waals surface area contributed by atoms with Gasteiger partial charge in [-0.15, -0.1) is 11.8 Å². The molecule has 118 valence electrons. The van der Waals surface area contributed by atoms with Crippen molar-refractivity contribution in [2.45, 2.75) is 13.5 Å².